The molecule has 1 N–H and O–H groups in total. The maximum Gasteiger partial charge on any atom is 0.343 e. The lowest BCUT2D eigenvalue weighted by Crippen LogP contribution is -2.18. The molecule has 0 spiro atoms. The van der Waals surface area contributed by atoms with Crippen LogP contribution in [0.15, 0.2) is 77.9 Å². The summed E-state index contributed by atoms with van der Waals surface area (Å²) in [5, 5.41) is 3.95. The summed E-state index contributed by atoms with van der Waals surface area (Å²) in [4.78, 5) is 24.3. The fourth-order valence-corrected chi connectivity index (χ4v) is 2.54. The topological polar surface area (TPSA) is 77.0 Å². The molecule has 0 unspecified atom stereocenters. The molecule has 0 radical (unpaired) electrons. The van der Waals surface area contributed by atoms with Crippen molar-refractivity contribution in [3.8, 4) is 11.5 Å². The van der Waals surface area contributed by atoms with E-state index in [1.54, 1.807) is 60.7 Å². The van der Waals surface area contributed by atoms with Crippen LogP contribution in [0.1, 0.15) is 31.8 Å². The third-order valence-corrected chi connectivity index (χ3v) is 4.11. The third kappa shape index (κ3) is 5.29. The van der Waals surface area contributed by atoms with Gasteiger partial charge in [-0.1, -0.05) is 29.8 Å². The van der Waals surface area contributed by atoms with Gasteiger partial charge in [-0.05, 0) is 61.0 Å². The summed E-state index contributed by atoms with van der Waals surface area (Å²) in [5.74, 6) is 0.101. The van der Waals surface area contributed by atoms with Crippen LogP contribution in [0.2, 0.25) is 0 Å². The lowest BCUT2D eigenvalue weighted by molar-refractivity contribution is 0.0734. The van der Waals surface area contributed by atoms with Crippen molar-refractivity contribution >= 4 is 18.1 Å². The van der Waals surface area contributed by atoms with Crippen molar-refractivity contribution in [2.24, 2.45) is 5.10 Å². The smallest absolute Gasteiger partial charge is 0.343 e. The van der Waals surface area contributed by atoms with Gasteiger partial charge >= 0.3 is 5.97 Å². The highest BCUT2D eigenvalue weighted by molar-refractivity contribution is 5.97. The van der Waals surface area contributed by atoms with Crippen LogP contribution in [0.5, 0.6) is 11.5 Å². The molecular formula is C23H20N2O4. The van der Waals surface area contributed by atoms with Crippen molar-refractivity contribution in [3.05, 3.63) is 95.1 Å². The molecule has 0 atom stereocenters. The Morgan fingerprint density at radius 2 is 1.62 bits per heavy atom. The number of benzene rings is 3. The minimum Gasteiger partial charge on any atom is -0.496 e. The Balaban J connectivity index is 1.58. The molecule has 0 saturated carbocycles. The number of amides is 1. The van der Waals surface area contributed by atoms with Crippen molar-refractivity contribution in [1.82, 2.24) is 5.43 Å². The maximum atomic E-state index is 12.2. The molecule has 0 aliphatic rings. The first kappa shape index (κ1) is 19.8. The number of rotatable bonds is 6. The van der Waals surface area contributed by atoms with Gasteiger partial charge in [0.1, 0.15) is 11.5 Å². The van der Waals surface area contributed by atoms with Gasteiger partial charge in [0.05, 0.1) is 24.5 Å². The molecule has 0 aromatic heterocycles. The first-order chi connectivity index (χ1) is 14.1. The molecule has 0 heterocycles. The summed E-state index contributed by atoms with van der Waals surface area (Å²) in [6.45, 7) is 1.95. The zero-order valence-electron chi connectivity index (χ0n) is 16.1. The van der Waals surface area contributed by atoms with E-state index in [4.69, 9.17) is 9.47 Å². The average Bonchev–Trinajstić information content (AvgIpc) is 2.75. The predicted octanol–water partition coefficient (Wildman–Crippen LogP) is 3.99. The van der Waals surface area contributed by atoms with Gasteiger partial charge in [0.2, 0.25) is 0 Å². The molecular weight excluding hydrogens is 368 g/mol. The molecule has 1 amide bonds. The van der Waals surface area contributed by atoms with Crippen LogP contribution in [0.3, 0.4) is 0 Å². The average molecular weight is 388 g/mol. The Bertz CT molecular complexity index is 1030. The van der Waals surface area contributed by atoms with Crippen LogP contribution in [0.4, 0.5) is 0 Å². The Kier molecular flexibility index (Phi) is 6.37. The normalized spacial score (nSPS) is 10.6. The summed E-state index contributed by atoms with van der Waals surface area (Å²) in [6, 6.07) is 20.8. The van der Waals surface area contributed by atoms with Crippen molar-refractivity contribution < 1.29 is 19.1 Å². The summed E-state index contributed by atoms with van der Waals surface area (Å²) < 4.78 is 10.5. The molecule has 3 rings (SSSR count). The molecule has 0 saturated heterocycles. The van der Waals surface area contributed by atoms with Crippen LogP contribution in [-0.2, 0) is 0 Å². The van der Waals surface area contributed by atoms with Crippen molar-refractivity contribution in [2.45, 2.75) is 6.92 Å². The van der Waals surface area contributed by atoms with Gasteiger partial charge in [-0.25, -0.2) is 10.2 Å². The third-order valence-electron chi connectivity index (χ3n) is 4.11. The minimum atomic E-state index is -0.421. The van der Waals surface area contributed by atoms with Crippen molar-refractivity contribution in [2.75, 3.05) is 7.11 Å². The van der Waals surface area contributed by atoms with Gasteiger partial charge in [-0.3, -0.25) is 4.79 Å². The Morgan fingerprint density at radius 1 is 0.931 bits per heavy atom. The van der Waals surface area contributed by atoms with E-state index in [1.165, 1.54) is 13.3 Å². The second-order valence-corrected chi connectivity index (χ2v) is 6.22. The first-order valence-corrected chi connectivity index (χ1v) is 8.92. The van der Waals surface area contributed by atoms with Gasteiger partial charge < -0.3 is 9.47 Å². The highest BCUT2D eigenvalue weighted by Crippen LogP contribution is 2.17. The number of hydrogen-bond donors (Lipinski definition) is 1. The maximum absolute atomic E-state index is 12.2. The number of carbonyl (C=O) groups excluding carboxylic acids is 2. The Morgan fingerprint density at radius 3 is 2.31 bits per heavy atom. The van der Waals surface area contributed by atoms with Gasteiger partial charge in [0, 0.05) is 0 Å². The second-order valence-electron chi connectivity index (χ2n) is 6.22. The summed E-state index contributed by atoms with van der Waals surface area (Å²) in [5.41, 5.74) is 5.15. The van der Waals surface area contributed by atoms with Crippen LogP contribution in [-0.4, -0.2) is 25.2 Å². The number of methoxy groups -OCH3 is 1. The number of aryl methyl sites for hydroxylation is 1. The number of nitrogens with one attached hydrogen (secondary N) is 1. The zero-order valence-corrected chi connectivity index (χ0v) is 16.1. The lowest BCUT2D eigenvalue weighted by atomic mass is 10.1. The van der Waals surface area contributed by atoms with E-state index in [0.717, 1.165) is 11.1 Å². The van der Waals surface area contributed by atoms with E-state index in [-0.39, 0.29) is 5.91 Å². The second kappa shape index (κ2) is 9.32. The number of hydrazone groups is 1. The fourth-order valence-electron chi connectivity index (χ4n) is 2.54. The lowest BCUT2D eigenvalue weighted by Gasteiger charge is -2.06. The van der Waals surface area contributed by atoms with Gasteiger partial charge in [0.25, 0.3) is 5.91 Å². The number of carbonyl (C=O) groups is 2. The minimum absolute atomic E-state index is 0.373. The molecule has 3 aromatic carbocycles. The molecule has 6 nitrogen and oxygen atoms in total. The van der Waals surface area contributed by atoms with E-state index in [2.05, 4.69) is 10.5 Å². The number of esters is 1. The van der Waals surface area contributed by atoms with Gasteiger partial charge in [-0.15, -0.1) is 0 Å². The molecule has 146 valence electrons. The quantitative estimate of drug-likeness (QED) is 0.300. The van der Waals surface area contributed by atoms with Gasteiger partial charge in [-0.2, -0.15) is 5.10 Å². The van der Waals surface area contributed by atoms with E-state index < -0.39 is 5.97 Å². The van der Waals surface area contributed by atoms with E-state index in [0.29, 0.717) is 22.6 Å². The Hall–Kier alpha value is -3.93. The number of nitrogens with zero attached hydrogens (tertiary/aromatic N) is 1. The molecule has 0 fully saturated rings. The zero-order chi connectivity index (χ0) is 20.6. The number of ether oxygens (including phenoxy) is 2. The van der Waals surface area contributed by atoms with Crippen molar-refractivity contribution in [3.63, 3.8) is 0 Å². The highest BCUT2D eigenvalue weighted by atomic mass is 16.5. The van der Waals surface area contributed by atoms with Gasteiger partial charge in [0.15, 0.2) is 0 Å². The summed E-state index contributed by atoms with van der Waals surface area (Å²) in [7, 11) is 1.50. The summed E-state index contributed by atoms with van der Waals surface area (Å²) >= 11 is 0. The van der Waals surface area contributed by atoms with Crippen LogP contribution in [0.25, 0.3) is 0 Å². The number of para-hydroxylation sites is 1. The monoisotopic (exact) mass is 388 g/mol. The van der Waals surface area contributed by atoms with Crippen LogP contribution in [0, 0.1) is 6.92 Å². The van der Waals surface area contributed by atoms with Crippen molar-refractivity contribution in [1.29, 1.82) is 0 Å². The Labute approximate surface area is 168 Å². The highest BCUT2D eigenvalue weighted by Gasteiger charge is 2.10. The SMILES string of the molecule is COc1ccccc1C(=O)N/N=C\c1ccc(OC(=O)c2ccc(C)cc2)cc1. The van der Waals surface area contributed by atoms with Crippen LogP contribution < -0.4 is 14.9 Å². The van der Waals surface area contributed by atoms with E-state index in [1.807, 2.05) is 19.1 Å². The van der Waals surface area contributed by atoms with E-state index in [9.17, 15) is 9.59 Å². The predicted molar refractivity (Wildman–Crippen MR) is 111 cm³/mol. The molecule has 29 heavy (non-hydrogen) atoms. The first-order valence-electron chi connectivity index (χ1n) is 8.92. The van der Waals surface area contributed by atoms with E-state index >= 15 is 0 Å². The standard InChI is InChI=1S/C23H20N2O4/c1-16-7-11-18(12-8-16)23(27)29-19-13-9-17(10-14-19)15-24-25-22(26)20-5-3-4-6-21(20)28-2/h3-15H,1-2H3,(H,25,26)/b24-15-. The van der Waals surface area contributed by atoms with Crippen LogP contribution >= 0.6 is 0 Å². The molecule has 0 bridgehead atoms. The molecule has 3 aromatic rings. The molecule has 6 heteroatoms. The summed E-state index contributed by atoms with van der Waals surface area (Å²) in [6.07, 6.45) is 1.50. The molecule has 0 aliphatic carbocycles. The largest absolute Gasteiger partial charge is 0.496 e. The molecule has 0 aliphatic heterocycles. The fraction of sp³-hybridized carbons (Fsp3) is 0.0870. The number of hydrogen-bond acceptors (Lipinski definition) is 5.